The Balaban J connectivity index is 2.10. The van der Waals surface area contributed by atoms with Crippen LogP contribution in [0.15, 0.2) is 0 Å². The molecule has 0 heterocycles. The summed E-state index contributed by atoms with van der Waals surface area (Å²) in [6.07, 6.45) is 11.4. The van der Waals surface area contributed by atoms with E-state index in [1.807, 2.05) is 0 Å². The summed E-state index contributed by atoms with van der Waals surface area (Å²) in [7, 11) is 2.05. The van der Waals surface area contributed by atoms with Crippen molar-refractivity contribution in [1.82, 2.24) is 5.32 Å². The molecule has 0 aromatic carbocycles. The van der Waals surface area contributed by atoms with Crippen molar-refractivity contribution in [3.63, 3.8) is 0 Å². The van der Waals surface area contributed by atoms with Crippen LogP contribution >= 0.6 is 0 Å². The van der Waals surface area contributed by atoms with Gasteiger partial charge in [0, 0.05) is 6.04 Å². The molecule has 1 N–H and O–H groups in total. The summed E-state index contributed by atoms with van der Waals surface area (Å²) in [6, 6.07) is 0.595. The molecule has 16 heavy (non-hydrogen) atoms. The van der Waals surface area contributed by atoms with Crippen LogP contribution in [-0.4, -0.2) is 25.3 Å². The zero-order chi connectivity index (χ0) is 11.8. The molecule has 2 heteroatoms. The molecule has 1 saturated carbocycles. The van der Waals surface area contributed by atoms with Crippen LogP contribution in [-0.2, 0) is 4.74 Å². The zero-order valence-corrected chi connectivity index (χ0v) is 11.3. The van der Waals surface area contributed by atoms with E-state index in [9.17, 15) is 0 Å². The Hall–Kier alpha value is -0.0800. The molecule has 3 atom stereocenters. The van der Waals surface area contributed by atoms with Gasteiger partial charge in [0.05, 0.1) is 12.2 Å². The van der Waals surface area contributed by atoms with Crippen LogP contribution in [0.25, 0.3) is 0 Å². The largest absolute Gasteiger partial charge is 0.374 e. The maximum absolute atomic E-state index is 6.13. The molecule has 0 bridgehead atoms. The fourth-order valence-corrected chi connectivity index (χ4v) is 2.64. The highest BCUT2D eigenvalue weighted by molar-refractivity contribution is 4.83. The van der Waals surface area contributed by atoms with E-state index >= 15 is 0 Å². The van der Waals surface area contributed by atoms with E-state index < -0.39 is 0 Å². The van der Waals surface area contributed by atoms with Crippen molar-refractivity contribution in [1.29, 1.82) is 0 Å². The van der Waals surface area contributed by atoms with Crippen LogP contribution < -0.4 is 5.32 Å². The normalized spacial score (nSPS) is 27.2. The molecule has 3 unspecified atom stereocenters. The number of hydrogen-bond donors (Lipinski definition) is 1. The van der Waals surface area contributed by atoms with Gasteiger partial charge in [-0.3, -0.25) is 0 Å². The first-order chi connectivity index (χ1) is 7.77. The minimum Gasteiger partial charge on any atom is -0.374 e. The highest BCUT2D eigenvalue weighted by Gasteiger charge is 2.27. The summed E-state index contributed by atoms with van der Waals surface area (Å²) in [5.74, 6) is 0. The second-order valence-corrected chi connectivity index (χ2v) is 5.16. The Morgan fingerprint density at radius 2 is 2.06 bits per heavy atom. The molecule has 0 radical (unpaired) electrons. The van der Waals surface area contributed by atoms with E-state index in [4.69, 9.17) is 4.74 Å². The Morgan fingerprint density at radius 3 is 2.75 bits per heavy atom. The van der Waals surface area contributed by atoms with Crippen molar-refractivity contribution in [2.24, 2.45) is 0 Å². The molecular weight excluding hydrogens is 198 g/mol. The monoisotopic (exact) mass is 227 g/mol. The lowest BCUT2D eigenvalue weighted by atomic mass is 10.1. The summed E-state index contributed by atoms with van der Waals surface area (Å²) in [5.41, 5.74) is 0. The van der Waals surface area contributed by atoms with Crippen molar-refractivity contribution in [2.45, 2.75) is 83.5 Å². The van der Waals surface area contributed by atoms with Gasteiger partial charge in [0.2, 0.25) is 0 Å². The van der Waals surface area contributed by atoms with Gasteiger partial charge in [0.15, 0.2) is 0 Å². The van der Waals surface area contributed by atoms with Gasteiger partial charge in [-0.1, -0.05) is 32.6 Å². The molecule has 1 aliphatic rings. The van der Waals surface area contributed by atoms with E-state index in [1.165, 1.54) is 51.4 Å². The van der Waals surface area contributed by atoms with Crippen molar-refractivity contribution in [3.05, 3.63) is 0 Å². The quantitative estimate of drug-likeness (QED) is 0.641. The van der Waals surface area contributed by atoms with Crippen LogP contribution in [0.3, 0.4) is 0 Å². The topological polar surface area (TPSA) is 21.3 Å². The Labute approximate surface area is 101 Å². The summed E-state index contributed by atoms with van der Waals surface area (Å²) in [5, 5.41) is 3.37. The first-order valence-corrected chi connectivity index (χ1v) is 7.10. The summed E-state index contributed by atoms with van der Waals surface area (Å²) < 4.78 is 6.13. The number of rotatable bonds is 8. The third-order valence-electron chi connectivity index (χ3n) is 3.69. The zero-order valence-electron chi connectivity index (χ0n) is 11.3. The molecule has 0 aliphatic heterocycles. The molecule has 1 aliphatic carbocycles. The van der Waals surface area contributed by atoms with Gasteiger partial charge >= 0.3 is 0 Å². The molecule has 2 nitrogen and oxygen atoms in total. The lowest BCUT2D eigenvalue weighted by Gasteiger charge is -2.24. The number of hydrogen-bond acceptors (Lipinski definition) is 2. The average Bonchev–Trinajstić information content (AvgIpc) is 2.71. The van der Waals surface area contributed by atoms with Crippen LogP contribution in [0.1, 0.15) is 65.2 Å². The molecule has 96 valence electrons. The van der Waals surface area contributed by atoms with Gasteiger partial charge in [-0.05, 0) is 39.7 Å². The number of unbranched alkanes of at least 4 members (excludes halogenated alkanes) is 3. The summed E-state index contributed by atoms with van der Waals surface area (Å²) in [4.78, 5) is 0. The Bertz CT molecular complexity index is 172. The molecule has 0 saturated heterocycles. The van der Waals surface area contributed by atoms with E-state index in [1.54, 1.807) is 0 Å². The first-order valence-electron chi connectivity index (χ1n) is 7.10. The number of ether oxygens (including phenoxy) is 1. The highest BCUT2D eigenvalue weighted by atomic mass is 16.5. The smallest absolute Gasteiger partial charge is 0.0731 e. The van der Waals surface area contributed by atoms with Gasteiger partial charge < -0.3 is 10.1 Å². The lowest BCUT2D eigenvalue weighted by Crippen LogP contribution is -2.36. The first kappa shape index (κ1) is 14.0. The van der Waals surface area contributed by atoms with Crippen molar-refractivity contribution >= 4 is 0 Å². The number of nitrogens with one attached hydrogen (secondary N) is 1. The molecule has 0 aromatic rings. The van der Waals surface area contributed by atoms with E-state index in [-0.39, 0.29) is 0 Å². The van der Waals surface area contributed by atoms with E-state index in [0.717, 1.165) is 0 Å². The minimum atomic E-state index is 0.441. The Kier molecular flexibility index (Phi) is 7.06. The predicted octanol–water partition coefficient (Wildman–Crippen LogP) is 3.50. The third-order valence-corrected chi connectivity index (χ3v) is 3.69. The highest BCUT2D eigenvalue weighted by Crippen LogP contribution is 2.24. The molecule has 1 rings (SSSR count). The lowest BCUT2D eigenvalue weighted by molar-refractivity contribution is -0.0153. The van der Waals surface area contributed by atoms with Gasteiger partial charge in [-0.2, -0.15) is 0 Å². The fourth-order valence-electron chi connectivity index (χ4n) is 2.64. The average molecular weight is 227 g/mol. The summed E-state index contributed by atoms with van der Waals surface area (Å²) in [6.45, 7) is 4.49. The van der Waals surface area contributed by atoms with Crippen LogP contribution in [0, 0.1) is 0 Å². The minimum absolute atomic E-state index is 0.441. The van der Waals surface area contributed by atoms with Gasteiger partial charge in [-0.25, -0.2) is 0 Å². The molecular formula is C14H29NO. The summed E-state index contributed by atoms with van der Waals surface area (Å²) >= 11 is 0. The molecule has 1 fully saturated rings. The molecule has 0 spiro atoms. The molecule has 0 aromatic heterocycles. The van der Waals surface area contributed by atoms with Gasteiger partial charge in [0.1, 0.15) is 0 Å². The number of likely N-dealkylation sites (N-methyl/N-ethyl adjacent to an activating group) is 1. The maximum Gasteiger partial charge on any atom is 0.0731 e. The second kappa shape index (κ2) is 8.08. The SMILES string of the molecule is CCCCCCC(C)OC1CCCC1NC. The predicted molar refractivity (Wildman–Crippen MR) is 69.8 cm³/mol. The third kappa shape index (κ3) is 4.84. The Morgan fingerprint density at radius 1 is 1.25 bits per heavy atom. The van der Waals surface area contributed by atoms with Crippen molar-refractivity contribution in [3.8, 4) is 0 Å². The van der Waals surface area contributed by atoms with Crippen LogP contribution in [0.5, 0.6) is 0 Å². The standard InChI is InChI=1S/C14H29NO/c1-4-5-6-7-9-12(2)16-14-11-8-10-13(14)15-3/h12-15H,4-11H2,1-3H3. The molecule has 0 amide bonds. The van der Waals surface area contributed by atoms with Gasteiger partial charge in [0.25, 0.3) is 0 Å². The van der Waals surface area contributed by atoms with Gasteiger partial charge in [-0.15, -0.1) is 0 Å². The van der Waals surface area contributed by atoms with Crippen LogP contribution in [0.4, 0.5) is 0 Å². The van der Waals surface area contributed by atoms with Crippen LogP contribution in [0.2, 0.25) is 0 Å². The van der Waals surface area contributed by atoms with Crippen molar-refractivity contribution in [2.75, 3.05) is 7.05 Å². The fraction of sp³-hybridized carbons (Fsp3) is 1.00. The van der Waals surface area contributed by atoms with Crippen molar-refractivity contribution < 1.29 is 4.74 Å². The maximum atomic E-state index is 6.13. The van der Waals surface area contributed by atoms with E-state index in [0.29, 0.717) is 18.2 Å². The second-order valence-electron chi connectivity index (χ2n) is 5.16. The van der Waals surface area contributed by atoms with E-state index in [2.05, 4.69) is 26.2 Å².